The summed E-state index contributed by atoms with van der Waals surface area (Å²) in [5.74, 6) is -1.32. The second kappa shape index (κ2) is 7.41. The molecule has 0 saturated carbocycles. The van der Waals surface area contributed by atoms with Crippen molar-refractivity contribution in [1.82, 2.24) is 0 Å². The van der Waals surface area contributed by atoms with Crippen molar-refractivity contribution in [2.24, 2.45) is 0 Å². The molecule has 0 radical (unpaired) electrons. The third-order valence-electron chi connectivity index (χ3n) is 2.85. The lowest BCUT2D eigenvalue weighted by atomic mass is 9.92. The van der Waals surface area contributed by atoms with E-state index in [4.69, 9.17) is 5.11 Å². The molecule has 0 spiro atoms. The van der Waals surface area contributed by atoms with Crippen LogP contribution >= 0.6 is 0 Å². The molecule has 0 aliphatic carbocycles. The molecule has 0 unspecified atom stereocenters. The van der Waals surface area contributed by atoms with Crippen LogP contribution in [-0.4, -0.2) is 16.2 Å². The summed E-state index contributed by atoms with van der Waals surface area (Å²) >= 11 is 0. The summed E-state index contributed by atoms with van der Waals surface area (Å²) in [6, 6.07) is 1.44. The number of carboxylic acids is 1. The summed E-state index contributed by atoms with van der Waals surface area (Å²) in [6.45, 7) is 13.2. The average molecular weight is 262 g/mol. The fourth-order valence-electron chi connectivity index (χ4n) is 1.82. The van der Waals surface area contributed by atoms with Crippen molar-refractivity contribution in [1.29, 1.82) is 0 Å². The van der Waals surface area contributed by atoms with Crippen molar-refractivity contribution in [2.45, 2.75) is 34.6 Å². The molecule has 1 aromatic rings. The van der Waals surface area contributed by atoms with Crippen LogP contribution in [0.3, 0.4) is 0 Å². The van der Waals surface area contributed by atoms with Gasteiger partial charge in [-0.15, -0.1) is 0 Å². The zero-order valence-corrected chi connectivity index (χ0v) is 12.2. The highest BCUT2D eigenvalue weighted by Crippen LogP contribution is 2.33. The van der Waals surface area contributed by atoms with E-state index in [9.17, 15) is 9.90 Å². The van der Waals surface area contributed by atoms with Crippen LogP contribution in [-0.2, 0) is 0 Å². The SMILES string of the molecule is C=Cc1cc(C(=O)O)c(O)c(C)c1/C(C)=C\C.CC. The van der Waals surface area contributed by atoms with Gasteiger partial charge in [-0.05, 0) is 49.1 Å². The highest BCUT2D eigenvalue weighted by atomic mass is 16.4. The number of benzene rings is 1. The fraction of sp³-hybridized carbons (Fsp3) is 0.312. The van der Waals surface area contributed by atoms with Gasteiger partial charge in [-0.1, -0.05) is 32.6 Å². The molecule has 1 aromatic carbocycles. The summed E-state index contributed by atoms with van der Waals surface area (Å²) < 4.78 is 0. The Morgan fingerprint density at radius 3 is 2.26 bits per heavy atom. The lowest BCUT2D eigenvalue weighted by molar-refractivity contribution is 0.0693. The summed E-state index contributed by atoms with van der Waals surface area (Å²) in [7, 11) is 0. The first-order valence-corrected chi connectivity index (χ1v) is 6.29. The Balaban J connectivity index is 0.00000154. The minimum absolute atomic E-state index is 0.0925. The molecule has 19 heavy (non-hydrogen) atoms. The van der Waals surface area contributed by atoms with E-state index in [-0.39, 0.29) is 11.3 Å². The number of allylic oxidation sites excluding steroid dienone is 2. The third kappa shape index (κ3) is 3.47. The van der Waals surface area contributed by atoms with Crippen molar-refractivity contribution < 1.29 is 15.0 Å². The fourth-order valence-corrected chi connectivity index (χ4v) is 1.82. The lowest BCUT2D eigenvalue weighted by Gasteiger charge is -2.14. The highest BCUT2D eigenvalue weighted by molar-refractivity contribution is 5.94. The Bertz CT molecular complexity index is 511. The number of hydrogen-bond acceptors (Lipinski definition) is 2. The van der Waals surface area contributed by atoms with E-state index in [0.717, 1.165) is 11.1 Å². The van der Waals surface area contributed by atoms with Crippen molar-refractivity contribution in [2.75, 3.05) is 0 Å². The van der Waals surface area contributed by atoms with Gasteiger partial charge in [0.1, 0.15) is 11.3 Å². The molecule has 0 saturated heterocycles. The molecule has 0 aromatic heterocycles. The Kier molecular flexibility index (Phi) is 6.62. The molecule has 0 atom stereocenters. The molecule has 0 heterocycles. The Morgan fingerprint density at radius 2 is 1.89 bits per heavy atom. The smallest absolute Gasteiger partial charge is 0.339 e. The average Bonchev–Trinajstić information content (AvgIpc) is 2.42. The summed E-state index contributed by atoms with van der Waals surface area (Å²) in [4.78, 5) is 11.0. The van der Waals surface area contributed by atoms with E-state index >= 15 is 0 Å². The number of phenols is 1. The van der Waals surface area contributed by atoms with Gasteiger partial charge in [0.25, 0.3) is 0 Å². The van der Waals surface area contributed by atoms with Gasteiger partial charge in [-0.2, -0.15) is 0 Å². The lowest BCUT2D eigenvalue weighted by Crippen LogP contribution is -2.02. The predicted octanol–water partition coefficient (Wildman–Crippen LogP) is 4.49. The zero-order chi connectivity index (χ0) is 15.2. The third-order valence-corrected chi connectivity index (χ3v) is 2.85. The van der Waals surface area contributed by atoms with Crippen LogP contribution in [0.4, 0.5) is 0 Å². The molecule has 104 valence electrons. The van der Waals surface area contributed by atoms with Gasteiger partial charge in [-0.25, -0.2) is 4.79 Å². The van der Waals surface area contributed by atoms with E-state index < -0.39 is 5.97 Å². The topological polar surface area (TPSA) is 57.5 Å². The summed E-state index contributed by atoms with van der Waals surface area (Å²) in [5.41, 5.74) is 3.00. The van der Waals surface area contributed by atoms with Crippen molar-refractivity contribution in [3.8, 4) is 5.75 Å². The largest absolute Gasteiger partial charge is 0.507 e. The Hall–Kier alpha value is -2.03. The van der Waals surface area contributed by atoms with Gasteiger partial charge in [0.05, 0.1) is 0 Å². The maximum Gasteiger partial charge on any atom is 0.339 e. The van der Waals surface area contributed by atoms with E-state index in [2.05, 4.69) is 6.58 Å². The van der Waals surface area contributed by atoms with Crippen LogP contribution in [0, 0.1) is 6.92 Å². The van der Waals surface area contributed by atoms with Crippen molar-refractivity contribution >= 4 is 17.6 Å². The number of rotatable bonds is 3. The van der Waals surface area contributed by atoms with Gasteiger partial charge in [0.15, 0.2) is 0 Å². The number of carbonyl (C=O) groups is 1. The second-order valence-corrected chi connectivity index (χ2v) is 3.84. The van der Waals surface area contributed by atoms with Gasteiger partial charge in [0.2, 0.25) is 0 Å². The molecule has 0 bridgehead atoms. The molecule has 0 aliphatic rings. The molecular formula is C16H22O3. The normalized spacial score (nSPS) is 10.5. The van der Waals surface area contributed by atoms with Crippen molar-refractivity contribution in [3.05, 3.63) is 41.0 Å². The molecule has 1 rings (SSSR count). The van der Waals surface area contributed by atoms with Crippen LogP contribution in [0.5, 0.6) is 5.75 Å². The number of aromatic hydroxyl groups is 1. The van der Waals surface area contributed by atoms with Gasteiger partial charge < -0.3 is 10.2 Å². The second-order valence-electron chi connectivity index (χ2n) is 3.84. The molecule has 0 fully saturated rings. The molecule has 3 nitrogen and oxygen atoms in total. The summed E-state index contributed by atoms with van der Waals surface area (Å²) in [5, 5.41) is 18.9. The van der Waals surface area contributed by atoms with Crippen LogP contribution < -0.4 is 0 Å². The maximum absolute atomic E-state index is 11.0. The number of carboxylic acid groups (broad SMARTS) is 1. The molecule has 0 aliphatic heterocycles. The monoisotopic (exact) mass is 262 g/mol. The minimum Gasteiger partial charge on any atom is -0.507 e. The van der Waals surface area contributed by atoms with Crippen molar-refractivity contribution in [3.63, 3.8) is 0 Å². The molecule has 0 amide bonds. The van der Waals surface area contributed by atoms with Gasteiger partial charge >= 0.3 is 5.97 Å². The van der Waals surface area contributed by atoms with E-state index in [1.807, 2.05) is 33.8 Å². The van der Waals surface area contributed by atoms with Crippen LogP contribution in [0.25, 0.3) is 11.6 Å². The van der Waals surface area contributed by atoms with Gasteiger partial charge in [-0.3, -0.25) is 0 Å². The van der Waals surface area contributed by atoms with Crippen LogP contribution in [0.2, 0.25) is 0 Å². The first-order chi connectivity index (χ1) is 8.93. The molecule has 2 N–H and O–H groups in total. The quantitative estimate of drug-likeness (QED) is 0.843. The Morgan fingerprint density at radius 1 is 1.37 bits per heavy atom. The van der Waals surface area contributed by atoms with Crippen LogP contribution in [0.1, 0.15) is 54.7 Å². The van der Waals surface area contributed by atoms with Gasteiger partial charge in [0, 0.05) is 0 Å². The maximum atomic E-state index is 11.0. The number of hydrogen-bond donors (Lipinski definition) is 2. The number of aromatic carboxylic acids is 1. The van der Waals surface area contributed by atoms with E-state index in [0.29, 0.717) is 11.1 Å². The summed E-state index contributed by atoms with van der Waals surface area (Å²) in [6.07, 6.45) is 3.51. The Labute approximate surface area is 114 Å². The minimum atomic E-state index is -1.14. The van der Waals surface area contributed by atoms with Crippen LogP contribution in [0.15, 0.2) is 18.7 Å². The molecular weight excluding hydrogens is 240 g/mol. The first kappa shape index (κ1) is 17.0. The zero-order valence-electron chi connectivity index (χ0n) is 12.2. The van der Waals surface area contributed by atoms with E-state index in [1.165, 1.54) is 6.07 Å². The standard InChI is InChI=1S/C14H16O3.C2H6/c1-5-8(3)12-9(4)13(15)11(14(16)17)7-10(12)6-2;1-2/h5-7,15H,2H2,1,3-4H3,(H,16,17);1-2H3/b8-5-;. The molecule has 3 heteroatoms. The predicted molar refractivity (Wildman–Crippen MR) is 80.6 cm³/mol. The highest BCUT2D eigenvalue weighted by Gasteiger charge is 2.18. The first-order valence-electron chi connectivity index (χ1n) is 6.29. The van der Waals surface area contributed by atoms with E-state index in [1.54, 1.807) is 13.0 Å².